The van der Waals surface area contributed by atoms with Crippen molar-refractivity contribution in [2.75, 3.05) is 0 Å². The Hall–Kier alpha value is -5.67. The van der Waals surface area contributed by atoms with E-state index >= 15 is 0 Å². The van der Waals surface area contributed by atoms with Crippen molar-refractivity contribution in [1.29, 1.82) is 0 Å². The first kappa shape index (κ1) is 28.8. The molecule has 47 heavy (non-hydrogen) atoms. The van der Waals surface area contributed by atoms with Gasteiger partial charge in [0.05, 0.1) is 0 Å². The zero-order valence-electron chi connectivity index (χ0n) is 25.4. The Morgan fingerprint density at radius 3 is 1.30 bits per heavy atom. The molecule has 1 aromatic heterocycles. The average Bonchev–Trinajstić information content (AvgIpc) is 3.15. The molecule has 8 rings (SSSR count). The summed E-state index contributed by atoms with van der Waals surface area (Å²) >= 11 is 3.41. The third kappa shape index (κ3) is 5.66. The molecule has 221 valence electrons. The molecule has 0 aliphatic carbocycles. The van der Waals surface area contributed by atoms with Crippen LogP contribution in [0.2, 0.25) is 0 Å². The molecule has 0 saturated carbocycles. The first-order chi connectivity index (χ1) is 23.2. The normalized spacial score (nSPS) is 11.1. The summed E-state index contributed by atoms with van der Waals surface area (Å²) in [5.41, 5.74) is 9.85. The summed E-state index contributed by atoms with van der Waals surface area (Å²) in [5, 5.41) is 2.30. The van der Waals surface area contributed by atoms with Crippen LogP contribution in [0.15, 0.2) is 170 Å². The molecule has 0 unspecified atom stereocenters. The molecule has 8 aromatic rings. The molecule has 0 atom stereocenters. The van der Waals surface area contributed by atoms with Crippen LogP contribution in [0.1, 0.15) is 0 Å². The van der Waals surface area contributed by atoms with Gasteiger partial charge in [0.15, 0.2) is 0 Å². The maximum atomic E-state index is 5.03. The summed E-state index contributed by atoms with van der Waals surface area (Å²) in [4.78, 5) is 15.0. The molecule has 1 radical (unpaired) electrons. The topological polar surface area (TPSA) is 38.7 Å². The van der Waals surface area contributed by atoms with E-state index in [0.717, 1.165) is 37.7 Å². The van der Waals surface area contributed by atoms with Crippen LogP contribution < -0.4 is 4.46 Å². The summed E-state index contributed by atoms with van der Waals surface area (Å²) in [6, 6.07) is 58.9. The fourth-order valence-corrected chi connectivity index (χ4v) is 6.89. The number of nitrogens with zero attached hydrogens (tertiary/aromatic N) is 3. The van der Waals surface area contributed by atoms with E-state index in [1.54, 1.807) is 0 Å². The number of rotatable bonds is 6. The molecule has 3 nitrogen and oxygen atoms in total. The Kier molecular flexibility index (Phi) is 7.72. The van der Waals surface area contributed by atoms with Gasteiger partial charge in [-0.2, -0.15) is 0 Å². The molecule has 0 fully saturated rings. The Morgan fingerprint density at radius 1 is 0.298 bits per heavy atom. The zero-order chi connectivity index (χ0) is 31.6. The standard InChI is InChI=1S/C43H28N3Se/c47-40-35(30-16-7-2-8-17-30)22-13-23-38(40)37-27-26-34(29-14-5-1-6-15-29)36-25-24-33(28-39(36)37)43-45-41(31-18-9-3-10-19-31)44-42(46-43)32-20-11-4-12-21-32/h1-28H. The third-order valence-corrected chi connectivity index (χ3v) is 9.37. The van der Waals surface area contributed by atoms with Crippen LogP contribution in [-0.4, -0.2) is 31.0 Å². The van der Waals surface area contributed by atoms with Gasteiger partial charge in [0.2, 0.25) is 0 Å². The SMILES string of the molecule is [Se]c1c(-c2ccccc2)cccc1-c1ccc(-c2ccccc2)c2ccc(-c3nc(-c4ccccc4)nc(-c4ccccc4)n3)cc12. The van der Waals surface area contributed by atoms with Crippen molar-refractivity contribution >= 4 is 31.2 Å². The van der Waals surface area contributed by atoms with Crippen molar-refractivity contribution in [3.63, 3.8) is 0 Å². The molecule has 0 saturated heterocycles. The second-order valence-corrected chi connectivity index (χ2v) is 12.2. The van der Waals surface area contributed by atoms with Gasteiger partial charge in [-0.15, -0.1) is 0 Å². The Balaban J connectivity index is 1.37. The fourth-order valence-electron chi connectivity index (χ4n) is 6.12. The Morgan fingerprint density at radius 2 is 0.745 bits per heavy atom. The molecule has 0 N–H and O–H groups in total. The van der Waals surface area contributed by atoms with E-state index in [0.29, 0.717) is 17.5 Å². The van der Waals surface area contributed by atoms with E-state index < -0.39 is 0 Å². The monoisotopic (exact) mass is 666 g/mol. The first-order valence-corrected chi connectivity index (χ1v) is 16.4. The van der Waals surface area contributed by atoms with Crippen LogP contribution >= 0.6 is 0 Å². The average molecular weight is 666 g/mol. The number of benzene rings is 7. The van der Waals surface area contributed by atoms with Crippen molar-refractivity contribution < 1.29 is 0 Å². The molecule has 0 spiro atoms. The predicted octanol–water partition coefficient (Wildman–Crippen LogP) is 9.82. The van der Waals surface area contributed by atoms with E-state index in [1.165, 1.54) is 27.6 Å². The van der Waals surface area contributed by atoms with Gasteiger partial charge in [-0.25, -0.2) is 0 Å². The third-order valence-electron chi connectivity index (χ3n) is 8.45. The zero-order valence-corrected chi connectivity index (χ0v) is 27.1. The van der Waals surface area contributed by atoms with Gasteiger partial charge in [0, 0.05) is 0 Å². The van der Waals surface area contributed by atoms with Crippen LogP contribution in [-0.2, 0) is 0 Å². The van der Waals surface area contributed by atoms with E-state index in [-0.39, 0.29) is 0 Å². The summed E-state index contributed by atoms with van der Waals surface area (Å²) < 4.78 is 1.12. The quantitative estimate of drug-likeness (QED) is 0.166. The fraction of sp³-hybridized carbons (Fsp3) is 0. The molecule has 7 aromatic carbocycles. The summed E-state index contributed by atoms with van der Waals surface area (Å²) in [7, 11) is 0. The van der Waals surface area contributed by atoms with Crippen molar-refractivity contribution in [3.05, 3.63) is 170 Å². The first-order valence-electron chi connectivity index (χ1n) is 15.6. The van der Waals surface area contributed by atoms with E-state index in [4.69, 9.17) is 15.0 Å². The van der Waals surface area contributed by atoms with Crippen molar-refractivity contribution in [1.82, 2.24) is 15.0 Å². The molecular formula is C43H28N3Se. The Labute approximate surface area is 282 Å². The van der Waals surface area contributed by atoms with Gasteiger partial charge in [0.25, 0.3) is 0 Å². The van der Waals surface area contributed by atoms with Crippen molar-refractivity contribution in [2.45, 2.75) is 0 Å². The van der Waals surface area contributed by atoms with Gasteiger partial charge < -0.3 is 0 Å². The molecule has 0 bridgehead atoms. The second-order valence-electron chi connectivity index (χ2n) is 11.4. The van der Waals surface area contributed by atoms with Gasteiger partial charge in [-0.3, -0.25) is 0 Å². The molecule has 4 heteroatoms. The van der Waals surface area contributed by atoms with Crippen LogP contribution in [0, 0.1) is 0 Å². The molecular weight excluding hydrogens is 637 g/mol. The Bertz CT molecular complexity index is 2280. The molecule has 0 amide bonds. The number of fused-ring (bicyclic) bond motifs is 1. The van der Waals surface area contributed by atoms with Crippen LogP contribution in [0.25, 0.3) is 78.3 Å². The number of hydrogen-bond donors (Lipinski definition) is 0. The van der Waals surface area contributed by atoms with Crippen molar-refractivity contribution in [2.24, 2.45) is 0 Å². The molecule has 0 aliphatic rings. The van der Waals surface area contributed by atoms with Crippen LogP contribution in [0.3, 0.4) is 0 Å². The van der Waals surface area contributed by atoms with Gasteiger partial charge in [0.1, 0.15) is 0 Å². The second kappa shape index (κ2) is 12.6. The van der Waals surface area contributed by atoms with Gasteiger partial charge in [-0.1, -0.05) is 12.1 Å². The number of hydrogen-bond acceptors (Lipinski definition) is 3. The van der Waals surface area contributed by atoms with Gasteiger partial charge in [-0.05, 0) is 0 Å². The van der Waals surface area contributed by atoms with E-state index in [1.807, 2.05) is 60.7 Å². The summed E-state index contributed by atoms with van der Waals surface area (Å²) in [6.07, 6.45) is 0. The van der Waals surface area contributed by atoms with Crippen LogP contribution in [0.4, 0.5) is 0 Å². The van der Waals surface area contributed by atoms with Crippen molar-refractivity contribution in [3.8, 4) is 67.5 Å². The molecule has 1 heterocycles. The number of aromatic nitrogens is 3. The maximum absolute atomic E-state index is 5.03. The van der Waals surface area contributed by atoms with E-state index in [9.17, 15) is 0 Å². The summed E-state index contributed by atoms with van der Waals surface area (Å²) in [6.45, 7) is 0. The van der Waals surface area contributed by atoms with E-state index in [2.05, 4.69) is 125 Å². The minimum absolute atomic E-state index is 0.636. The summed E-state index contributed by atoms with van der Waals surface area (Å²) in [5.74, 6) is 1.93. The predicted molar refractivity (Wildman–Crippen MR) is 195 cm³/mol. The minimum atomic E-state index is 0.636. The van der Waals surface area contributed by atoms with Gasteiger partial charge >= 0.3 is 271 Å². The van der Waals surface area contributed by atoms with Crippen LogP contribution in [0.5, 0.6) is 0 Å². The molecule has 0 aliphatic heterocycles.